The quantitative estimate of drug-likeness (QED) is 0.528. The van der Waals surface area contributed by atoms with Crippen LogP contribution in [0.25, 0.3) is 0 Å². The Balaban J connectivity index is 2.43. The van der Waals surface area contributed by atoms with Gasteiger partial charge in [0.15, 0.2) is 0 Å². The Morgan fingerprint density at radius 1 is 1.03 bits per heavy atom. The van der Waals surface area contributed by atoms with Crippen LogP contribution >= 0.6 is 11.6 Å². The van der Waals surface area contributed by atoms with Gasteiger partial charge in [0, 0.05) is 18.1 Å². The molecular formula is C25H34ClN3O4S. The predicted molar refractivity (Wildman–Crippen MR) is 137 cm³/mol. The maximum absolute atomic E-state index is 13.6. The van der Waals surface area contributed by atoms with E-state index in [9.17, 15) is 18.0 Å². The Morgan fingerprint density at radius 3 is 2.15 bits per heavy atom. The van der Waals surface area contributed by atoms with Gasteiger partial charge in [-0.1, -0.05) is 55.8 Å². The normalized spacial score (nSPS) is 12.4. The number of aryl methyl sites for hydroxylation is 2. The van der Waals surface area contributed by atoms with E-state index in [0.29, 0.717) is 17.3 Å². The van der Waals surface area contributed by atoms with Gasteiger partial charge >= 0.3 is 0 Å². The Bertz CT molecular complexity index is 1110. The summed E-state index contributed by atoms with van der Waals surface area (Å²) in [5.41, 5.74) is 2.69. The molecule has 2 aromatic carbocycles. The van der Waals surface area contributed by atoms with Crippen molar-refractivity contribution in [1.82, 2.24) is 10.2 Å². The highest BCUT2D eigenvalue weighted by Crippen LogP contribution is 2.27. The van der Waals surface area contributed by atoms with Gasteiger partial charge in [-0.15, -0.1) is 0 Å². The molecule has 1 atom stereocenters. The number of nitrogens with one attached hydrogen (secondary N) is 1. The van der Waals surface area contributed by atoms with Crippen LogP contribution < -0.4 is 9.62 Å². The van der Waals surface area contributed by atoms with E-state index in [2.05, 4.69) is 5.32 Å². The number of anilines is 1. The molecule has 186 valence electrons. The van der Waals surface area contributed by atoms with Crippen LogP contribution in [0.4, 0.5) is 5.69 Å². The number of hydrogen-bond acceptors (Lipinski definition) is 4. The molecule has 0 aliphatic rings. The molecule has 2 rings (SSSR count). The fourth-order valence-corrected chi connectivity index (χ4v) is 4.82. The summed E-state index contributed by atoms with van der Waals surface area (Å²) < 4.78 is 26.6. The van der Waals surface area contributed by atoms with Crippen LogP contribution in [-0.4, -0.2) is 50.5 Å². The first-order chi connectivity index (χ1) is 15.8. The van der Waals surface area contributed by atoms with E-state index in [1.54, 1.807) is 51.1 Å². The number of carbonyl (C=O) groups excluding carboxylic acids is 2. The molecule has 0 aliphatic heterocycles. The van der Waals surface area contributed by atoms with Crippen LogP contribution in [0.2, 0.25) is 5.02 Å². The average Bonchev–Trinajstić information content (AvgIpc) is 2.73. The molecule has 1 unspecified atom stereocenters. The first-order valence-electron chi connectivity index (χ1n) is 11.2. The van der Waals surface area contributed by atoms with E-state index in [4.69, 9.17) is 11.6 Å². The lowest BCUT2D eigenvalue weighted by Gasteiger charge is -2.32. The van der Waals surface area contributed by atoms with Crippen molar-refractivity contribution in [2.75, 3.05) is 23.7 Å². The molecule has 0 heterocycles. The monoisotopic (exact) mass is 507 g/mol. The van der Waals surface area contributed by atoms with Gasteiger partial charge in [-0.25, -0.2) is 8.42 Å². The van der Waals surface area contributed by atoms with Gasteiger partial charge in [-0.2, -0.15) is 0 Å². The van der Waals surface area contributed by atoms with E-state index in [1.807, 2.05) is 26.0 Å². The minimum atomic E-state index is -3.77. The molecule has 2 aromatic rings. The number of sulfonamides is 1. The van der Waals surface area contributed by atoms with E-state index >= 15 is 0 Å². The van der Waals surface area contributed by atoms with E-state index in [0.717, 1.165) is 27.3 Å². The lowest BCUT2D eigenvalue weighted by atomic mass is 10.1. The summed E-state index contributed by atoms with van der Waals surface area (Å²) in [7, 11) is -3.77. The maximum atomic E-state index is 13.6. The van der Waals surface area contributed by atoms with Crippen LogP contribution in [-0.2, 0) is 26.2 Å². The largest absolute Gasteiger partial charge is 0.354 e. The Hall–Kier alpha value is -2.58. The molecule has 34 heavy (non-hydrogen) atoms. The zero-order valence-corrected chi connectivity index (χ0v) is 22.2. The van der Waals surface area contributed by atoms with Crippen molar-refractivity contribution in [1.29, 1.82) is 0 Å². The highest BCUT2D eigenvalue weighted by atomic mass is 35.5. The zero-order chi connectivity index (χ0) is 25.6. The number of rotatable bonds is 10. The van der Waals surface area contributed by atoms with Gasteiger partial charge in [0.1, 0.15) is 12.6 Å². The first-order valence-corrected chi connectivity index (χ1v) is 13.4. The second-order valence-electron chi connectivity index (χ2n) is 8.98. The highest BCUT2D eigenvalue weighted by Gasteiger charge is 2.31. The Kier molecular flexibility index (Phi) is 9.53. The lowest BCUT2D eigenvalue weighted by molar-refractivity contribution is -0.139. The minimum absolute atomic E-state index is 0.111. The number of benzene rings is 2. The summed E-state index contributed by atoms with van der Waals surface area (Å²) in [4.78, 5) is 27.8. The van der Waals surface area contributed by atoms with Crippen LogP contribution in [0.15, 0.2) is 42.5 Å². The molecule has 0 bridgehead atoms. The Labute approximate surface area is 208 Å². The molecule has 0 saturated heterocycles. The van der Waals surface area contributed by atoms with Crippen LogP contribution in [0.5, 0.6) is 0 Å². The van der Waals surface area contributed by atoms with Gasteiger partial charge in [0.2, 0.25) is 21.8 Å². The molecule has 0 spiro atoms. The number of nitrogens with zero attached hydrogens (tertiary/aromatic N) is 2. The summed E-state index contributed by atoms with van der Waals surface area (Å²) in [6.07, 6.45) is 1.08. The van der Waals surface area contributed by atoms with Crippen LogP contribution in [0.3, 0.4) is 0 Å². The second kappa shape index (κ2) is 11.7. The van der Waals surface area contributed by atoms with Gasteiger partial charge in [0.05, 0.1) is 11.9 Å². The molecule has 0 aromatic heterocycles. The first kappa shape index (κ1) is 27.7. The third kappa shape index (κ3) is 7.46. The van der Waals surface area contributed by atoms with Gasteiger partial charge in [-0.05, 0) is 55.5 Å². The summed E-state index contributed by atoms with van der Waals surface area (Å²) in [6.45, 7) is 9.37. The third-order valence-corrected chi connectivity index (χ3v) is 6.81. The van der Waals surface area contributed by atoms with Crippen molar-refractivity contribution in [3.05, 3.63) is 64.2 Å². The number of carbonyl (C=O) groups is 2. The molecule has 0 radical (unpaired) electrons. The summed E-state index contributed by atoms with van der Waals surface area (Å²) in [5, 5.41) is 3.37. The molecular weight excluding hydrogens is 474 g/mol. The van der Waals surface area contributed by atoms with Crippen molar-refractivity contribution >= 4 is 39.1 Å². The minimum Gasteiger partial charge on any atom is -0.354 e. The van der Waals surface area contributed by atoms with E-state index in [1.165, 1.54) is 4.90 Å². The highest BCUT2D eigenvalue weighted by molar-refractivity contribution is 7.92. The lowest BCUT2D eigenvalue weighted by Crippen LogP contribution is -2.51. The smallest absolute Gasteiger partial charge is 0.244 e. The molecule has 1 N–H and O–H groups in total. The standard InChI is InChI=1S/C25H34ClN3O4S/c1-17(2)14-27-25(31)20(5)28(15-21-11-8-12-22(26)13-21)23(30)16-29(34(6,32)33)24-18(3)9-7-10-19(24)4/h7-13,17,20H,14-16H2,1-6H3,(H,27,31). The second-order valence-corrected chi connectivity index (χ2v) is 11.3. The van der Waals surface area contributed by atoms with E-state index < -0.39 is 28.5 Å². The van der Waals surface area contributed by atoms with Crippen molar-refractivity contribution in [2.24, 2.45) is 5.92 Å². The van der Waals surface area contributed by atoms with Gasteiger partial charge in [-0.3, -0.25) is 13.9 Å². The zero-order valence-electron chi connectivity index (χ0n) is 20.6. The van der Waals surface area contributed by atoms with E-state index in [-0.39, 0.29) is 18.4 Å². The molecule has 0 saturated carbocycles. The fourth-order valence-electron chi connectivity index (χ4n) is 3.64. The van der Waals surface area contributed by atoms with Crippen LogP contribution in [0, 0.1) is 19.8 Å². The van der Waals surface area contributed by atoms with Gasteiger partial charge in [0.25, 0.3) is 0 Å². The molecule has 2 amide bonds. The maximum Gasteiger partial charge on any atom is 0.244 e. The number of amides is 2. The number of hydrogen-bond donors (Lipinski definition) is 1. The predicted octanol–water partition coefficient (Wildman–Crippen LogP) is 3.91. The van der Waals surface area contributed by atoms with Crippen molar-refractivity contribution in [3.8, 4) is 0 Å². The Morgan fingerprint density at radius 2 is 1.62 bits per heavy atom. The van der Waals surface area contributed by atoms with Crippen molar-refractivity contribution < 1.29 is 18.0 Å². The topological polar surface area (TPSA) is 86.8 Å². The molecule has 0 fully saturated rings. The molecule has 7 nitrogen and oxygen atoms in total. The van der Waals surface area contributed by atoms with Crippen LogP contribution in [0.1, 0.15) is 37.5 Å². The molecule has 9 heteroatoms. The van der Waals surface area contributed by atoms with Crippen molar-refractivity contribution in [3.63, 3.8) is 0 Å². The SMILES string of the molecule is Cc1cccc(C)c1N(CC(=O)N(Cc1cccc(Cl)c1)C(C)C(=O)NCC(C)C)S(C)(=O)=O. The average molecular weight is 508 g/mol. The summed E-state index contributed by atoms with van der Waals surface area (Å²) in [6, 6.07) is 11.7. The molecule has 0 aliphatic carbocycles. The summed E-state index contributed by atoms with van der Waals surface area (Å²) in [5.74, 6) is -0.541. The summed E-state index contributed by atoms with van der Waals surface area (Å²) >= 11 is 6.12. The fraction of sp³-hybridized carbons (Fsp3) is 0.440. The number of para-hydroxylation sites is 1. The number of halogens is 1. The third-order valence-electron chi connectivity index (χ3n) is 5.46. The van der Waals surface area contributed by atoms with Crippen molar-refractivity contribution in [2.45, 2.75) is 47.2 Å². The van der Waals surface area contributed by atoms with Gasteiger partial charge < -0.3 is 10.2 Å².